The molecule has 3 heterocycles. The number of hydrogen-bond acceptors (Lipinski definition) is 4. The number of benzene rings is 1. The van der Waals surface area contributed by atoms with Crippen molar-refractivity contribution in [1.29, 1.82) is 0 Å². The van der Waals surface area contributed by atoms with Crippen molar-refractivity contribution in [2.24, 2.45) is 5.92 Å². The van der Waals surface area contributed by atoms with Crippen LogP contribution < -0.4 is 5.32 Å². The van der Waals surface area contributed by atoms with Gasteiger partial charge in [-0.1, -0.05) is 30.3 Å². The molecule has 144 valence electrons. The van der Waals surface area contributed by atoms with Gasteiger partial charge < -0.3 is 10.2 Å². The monoisotopic (exact) mass is 377 g/mol. The minimum atomic E-state index is -0.356. The van der Waals surface area contributed by atoms with Crippen LogP contribution in [0.3, 0.4) is 0 Å². The van der Waals surface area contributed by atoms with Crippen LogP contribution >= 0.6 is 0 Å². The maximum Gasteiger partial charge on any atom is 0.229 e. The number of nitrogens with zero attached hydrogens (tertiary/aromatic N) is 4. The summed E-state index contributed by atoms with van der Waals surface area (Å²) in [5, 5.41) is 8.12. The molecule has 1 aromatic carbocycles. The van der Waals surface area contributed by atoms with Gasteiger partial charge in [0, 0.05) is 30.9 Å². The fraction of sp³-hybridized carbons (Fsp3) is 0.333. The Morgan fingerprint density at radius 1 is 1.25 bits per heavy atom. The molecule has 7 heteroatoms. The molecule has 0 spiro atoms. The molecule has 0 saturated carbocycles. The van der Waals surface area contributed by atoms with Crippen LogP contribution in [0.1, 0.15) is 31.9 Å². The summed E-state index contributed by atoms with van der Waals surface area (Å²) < 4.78 is 1.85. The number of carbonyl (C=O) groups is 2. The molecule has 2 amide bonds. The lowest BCUT2D eigenvalue weighted by atomic mass is 10.1. The number of hydrogen-bond donors (Lipinski definition) is 1. The van der Waals surface area contributed by atoms with E-state index in [-0.39, 0.29) is 30.2 Å². The Labute approximate surface area is 163 Å². The van der Waals surface area contributed by atoms with Crippen molar-refractivity contribution in [1.82, 2.24) is 19.7 Å². The molecule has 1 aliphatic heterocycles. The SMILES string of the molecule is CC(C)n1ncc2cc(NC(=O)[C@H]3CC(=O)N(Cc4ccccc4)C3)cnc21. The molecule has 1 saturated heterocycles. The summed E-state index contributed by atoms with van der Waals surface area (Å²) in [6.07, 6.45) is 3.62. The molecule has 0 aliphatic carbocycles. The van der Waals surface area contributed by atoms with Crippen molar-refractivity contribution < 1.29 is 9.59 Å². The Balaban J connectivity index is 1.42. The van der Waals surface area contributed by atoms with Crippen LogP contribution in [-0.2, 0) is 16.1 Å². The Kier molecular flexibility index (Phi) is 4.81. The highest BCUT2D eigenvalue weighted by molar-refractivity contribution is 5.98. The molecule has 1 fully saturated rings. The molecule has 0 radical (unpaired) electrons. The molecular formula is C21H23N5O2. The van der Waals surface area contributed by atoms with Crippen molar-refractivity contribution in [2.45, 2.75) is 32.9 Å². The molecular weight excluding hydrogens is 354 g/mol. The van der Waals surface area contributed by atoms with Crippen LogP contribution in [0.5, 0.6) is 0 Å². The zero-order valence-electron chi connectivity index (χ0n) is 16.0. The molecule has 0 bridgehead atoms. The van der Waals surface area contributed by atoms with Gasteiger partial charge in [-0.05, 0) is 25.5 Å². The average molecular weight is 377 g/mol. The number of fused-ring (bicyclic) bond motifs is 1. The fourth-order valence-electron chi connectivity index (χ4n) is 3.54. The van der Waals surface area contributed by atoms with Gasteiger partial charge in [0.05, 0.1) is 24.0 Å². The third kappa shape index (κ3) is 3.60. The van der Waals surface area contributed by atoms with Crippen LogP contribution in [0.15, 0.2) is 48.8 Å². The minimum Gasteiger partial charge on any atom is -0.338 e. The lowest BCUT2D eigenvalue weighted by molar-refractivity contribution is -0.128. The normalized spacial score (nSPS) is 16.9. The summed E-state index contributed by atoms with van der Waals surface area (Å²) in [5.74, 6) is -0.498. The summed E-state index contributed by atoms with van der Waals surface area (Å²) in [5.41, 5.74) is 2.47. The first-order chi connectivity index (χ1) is 13.5. The van der Waals surface area contributed by atoms with Gasteiger partial charge in [-0.2, -0.15) is 5.10 Å². The molecule has 3 aromatic rings. The van der Waals surface area contributed by atoms with E-state index in [0.717, 1.165) is 16.6 Å². The summed E-state index contributed by atoms with van der Waals surface area (Å²) in [4.78, 5) is 31.2. The molecule has 1 N–H and O–H groups in total. The molecule has 1 atom stereocenters. The van der Waals surface area contributed by atoms with Crippen LogP contribution in [0.4, 0.5) is 5.69 Å². The topological polar surface area (TPSA) is 80.1 Å². The first kappa shape index (κ1) is 18.2. The van der Waals surface area contributed by atoms with Crippen molar-refractivity contribution in [3.8, 4) is 0 Å². The van der Waals surface area contributed by atoms with E-state index in [1.54, 1.807) is 17.3 Å². The number of rotatable bonds is 5. The largest absolute Gasteiger partial charge is 0.338 e. The Morgan fingerprint density at radius 3 is 2.79 bits per heavy atom. The summed E-state index contributed by atoms with van der Waals surface area (Å²) >= 11 is 0. The summed E-state index contributed by atoms with van der Waals surface area (Å²) in [6.45, 7) is 5.05. The molecule has 4 rings (SSSR count). The number of aromatic nitrogens is 3. The maximum absolute atomic E-state index is 12.7. The first-order valence-electron chi connectivity index (χ1n) is 9.47. The standard InChI is InChI=1S/C21H23N5O2/c1-14(2)26-20-16(10-23-26)8-18(11-22-20)24-21(28)17-9-19(27)25(13-17)12-15-6-4-3-5-7-15/h3-8,10-11,14,17H,9,12-13H2,1-2H3,(H,24,28)/t17-/m0/s1. The smallest absolute Gasteiger partial charge is 0.229 e. The number of anilines is 1. The zero-order valence-corrected chi connectivity index (χ0v) is 16.0. The third-order valence-corrected chi connectivity index (χ3v) is 4.99. The fourth-order valence-corrected chi connectivity index (χ4v) is 3.54. The van der Waals surface area contributed by atoms with E-state index in [2.05, 4.69) is 15.4 Å². The van der Waals surface area contributed by atoms with E-state index in [0.29, 0.717) is 18.8 Å². The minimum absolute atomic E-state index is 0.00999. The van der Waals surface area contributed by atoms with Gasteiger partial charge in [0.25, 0.3) is 0 Å². The van der Waals surface area contributed by atoms with Gasteiger partial charge in [0.2, 0.25) is 11.8 Å². The van der Waals surface area contributed by atoms with Gasteiger partial charge in [-0.3, -0.25) is 9.59 Å². The van der Waals surface area contributed by atoms with Crippen molar-refractivity contribution in [3.63, 3.8) is 0 Å². The Hall–Kier alpha value is -3.22. The van der Waals surface area contributed by atoms with Crippen LogP contribution in [0.2, 0.25) is 0 Å². The summed E-state index contributed by atoms with van der Waals surface area (Å²) in [7, 11) is 0. The van der Waals surface area contributed by atoms with E-state index < -0.39 is 0 Å². The second kappa shape index (κ2) is 7.42. The van der Waals surface area contributed by atoms with Crippen molar-refractivity contribution in [3.05, 3.63) is 54.4 Å². The van der Waals surface area contributed by atoms with E-state index in [1.165, 1.54) is 0 Å². The number of nitrogens with one attached hydrogen (secondary N) is 1. The van der Waals surface area contributed by atoms with Crippen LogP contribution in [0.25, 0.3) is 11.0 Å². The van der Waals surface area contributed by atoms with E-state index in [9.17, 15) is 9.59 Å². The molecule has 28 heavy (non-hydrogen) atoms. The zero-order chi connectivity index (χ0) is 19.7. The lowest BCUT2D eigenvalue weighted by Gasteiger charge is -2.16. The van der Waals surface area contributed by atoms with Crippen molar-refractivity contribution >= 4 is 28.5 Å². The quantitative estimate of drug-likeness (QED) is 0.741. The van der Waals surface area contributed by atoms with E-state index in [4.69, 9.17) is 0 Å². The molecule has 7 nitrogen and oxygen atoms in total. The third-order valence-electron chi connectivity index (χ3n) is 4.99. The number of pyridine rings is 1. The van der Waals surface area contributed by atoms with Gasteiger partial charge in [-0.15, -0.1) is 0 Å². The summed E-state index contributed by atoms with van der Waals surface area (Å²) in [6, 6.07) is 11.9. The lowest BCUT2D eigenvalue weighted by Crippen LogP contribution is -2.28. The van der Waals surface area contributed by atoms with Crippen LogP contribution in [-0.4, -0.2) is 38.0 Å². The van der Waals surface area contributed by atoms with Gasteiger partial charge >= 0.3 is 0 Å². The van der Waals surface area contributed by atoms with E-state index >= 15 is 0 Å². The number of likely N-dealkylation sites (tertiary alicyclic amines) is 1. The van der Waals surface area contributed by atoms with Crippen molar-refractivity contribution in [2.75, 3.05) is 11.9 Å². The number of amides is 2. The highest BCUT2D eigenvalue weighted by Crippen LogP contribution is 2.23. The maximum atomic E-state index is 12.7. The predicted octanol–water partition coefficient (Wildman–Crippen LogP) is 3.00. The highest BCUT2D eigenvalue weighted by Gasteiger charge is 2.34. The predicted molar refractivity (Wildman–Crippen MR) is 107 cm³/mol. The second-order valence-corrected chi connectivity index (χ2v) is 7.47. The van der Waals surface area contributed by atoms with Gasteiger partial charge in [0.1, 0.15) is 0 Å². The number of carbonyl (C=O) groups excluding carboxylic acids is 2. The second-order valence-electron chi connectivity index (χ2n) is 7.47. The first-order valence-corrected chi connectivity index (χ1v) is 9.47. The molecule has 2 aromatic heterocycles. The van der Waals surface area contributed by atoms with Gasteiger partial charge in [0.15, 0.2) is 5.65 Å². The molecule has 0 unspecified atom stereocenters. The van der Waals surface area contributed by atoms with E-state index in [1.807, 2.05) is 54.9 Å². The highest BCUT2D eigenvalue weighted by atomic mass is 16.2. The van der Waals surface area contributed by atoms with Gasteiger partial charge in [-0.25, -0.2) is 9.67 Å². The average Bonchev–Trinajstić information content (AvgIpc) is 3.26. The Morgan fingerprint density at radius 2 is 2.04 bits per heavy atom. The Bertz CT molecular complexity index is 1010. The molecule has 1 aliphatic rings. The van der Waals surface area contributed by atoms with Crippen LogP contribution in [0, 0.1) is 5.92 Å².